The van der Waals surface area contributed by atoms with Gasteiger partial charge in [0, 0.05) is 24.9 Å². The highest BCUT2D eigenvalue weighted by Crippen LogP contribution is 2.52. The molecule has 2 saturated carbocycles. The maximum atomic E-state index is 12.3. The molecule has 0 spiro atoms. The number of hydroxylamine groups is 4. The predicted octanol–water partition coefficient (Wildman–Crippen LogP) is 0.0964. The second-order valence-electron chi connectivity index (χ2n) is 14.4. The SMILES string of the molecule is CC1(C)CC1C(=O)CNC(=O)[C@@H]1CC[C@@H]2CN1C(=O)N2O.CC1(C)CC1C(=O)CNC(=O)[C@@H]1CC[C@@H]2CN1C(=O)N2OS(=O)(=O)O. The molecule has 6 aliphatic rings. The van der Waals surface area contributed by atoms with Gasteiger partial charge in [-0.05, 0) is 49.4 Å². The van der Waals surface area contributed by atoms with E-state index in [-0.39, 0.29) is 65.8 Å². The fourth-order valence-corrected chi connectivity index (χ4v) is 7.28. The summed E-state index contributed by atoms with van der Waals surface area (Å²) in [5.41, 5.74) is 0.0423. The van der Waals surface area contributed by atoms with Crippen molar-refractivity contribution in [1.82, 2.24) is 30.6 Å². The summed E-state index contributed by atoms with van der Waals surface area (Å²) in [6.07, 6.45) is 3.45. The van der Waals surface area contributed by atoms with E-state index in [2.05, 4.69) is 14.9 Å². The Hall–Kier alpha value is -3.35. The lowest BCUT2D eigenvalue weighted by Gasteiger charge is -2.29. The van der Waals surface area contributed by atoms with Crippen LogP contribution in [0.15, 0.2) is 0 Å². The van der Waals surface area contributed by atoms with Gasteiger partial charge in [0.15, 0.2) is 11.6 Å². The third kappa shape index (κ3) is 6.99. The number of nitrogens with zero attached hydrogens (tertiary/aromatic N) is 4. The molecule has 0 radical (unpaired) electrons. The van der Waals surface area contributed by atoms with Crippen LogP contribution < -0.4 is 10.6 Å². The van der Waals surface area contributed by atoms with E-state index in [9.17, 15) is 42.4 Å². The van der Waals surface area contributed by atoms with Crippen LogP contribution in [0.2, 0.25) is 0 Å². The van der Waals surface area contributed by atoms with Crippen LogP contribution in [-0.2, 0) is 33.9 Å². The van der Waals surface area contributed by atoms with E-state index in [0.717, 1.165) is 12.8 Å². The summed E-state index contributed by atoms with van der Waals surface area (Å²) in [5, 5.41) is 16.1. The number of carbonyl (C=O) groups excluding carboxylic acids is 6. The van der Waals surface area contributed by atoms with Gasteiger partial charge in [-0.15, -0.1) is 4.28 Å². The van der Waals surface area contributed by atoms with Crippen molar-refractivity contribution >= 4 is 45.8 Å². The molecule has 256 valence electrons. The van der Waals surface area contributed by atoms with E-state index < -0.39 is 46.5 Å². The van der Waals surface area contributed by atoms with Crippen molar-refractivity contribution in [1.29, 1.82) is 0 Å². The molecule has 2 aliphatic carbocycles. The number of urea groups is 2. The third-order valence-electron chi connectivity index (χ3n) is 10.1. The normalized spacial score (nSPS) is 31.6. The van der Waals surface area contributed by atoms with Gasteiger partial charge in [-0.3, -0.25) is 28.9 Å². The number of hydrogen-bond acceptors (Lipinski definition) is 10. The van der Waals surface area contributed by atoms with E-state index >= 15 is 0 Å². The van der Waals surface area contributed by atoms with Crippen molar-refractivity contribution in [2.24, 2.45) is 22.7 Å². The van der Waals surface area contributed by atoms with E-state index in [1.165, 1.54) is 9.80 Å². The van der Waals surface area contributed by atoms with Crippen LogP contribution in [-0.4, -0.2) is 124 Å². The van der Waals surface area contributed by atoms with E-state index in [0.29, 0.717) is 42.4 Å². The molecule has 0 aromatic rings. The van der Waals surface area contributed by atoms with E-state index in [1.807, 2.05) is 27.7 Å². The Morgan fingerprint density at radius 3 is 1.63 bits per heavy atom. The summed E-state index contributed by atoms with van der Waals surface area (Å²) in [6, 6.07) is -3.45. The highest BCUT2D eigenvalue weighted by Gasteiger charge is 2.52. The minimum absolute atomic E-state index is 0.0155. The standard InChI is InChI=1S/C14H21N3O7S.C14H21N3O4/c1-14(2)5-9(14)11(18)6-15-12(19)10-4-3-8-7-16(10)13(20)17(8)24-25(21,22)23;1-14(2)5-9(14)11(18)6-15-12(19)10-4-3-8-7-16(10)13(20)17(8)21/h8-10H,3-7H2,1-2H3,(H,15,19)(H,21,22,23);8-10,21H,3-7H2,1-2H3,(H,15,19)/t2*8-,9?,10+/m11/s1. The van der Waals surface area contributed by atoms with Gasteiger partial charge in [-0.1, -0.05) is 27.7 Å². The van der Waals surface area contributed by atoms with Crippen LogP contribution in [0.25, 0.3) is 0 Å². The fraction of sp³-hybridized carbons (Fsp3) is 0.786. The Kier molecular flexibility index (Phi) is 8.89. The van der Waals surface area contributed by atoms with Crippen molar-refractivity contribution in [3.63, 3.8) is 0 Å². The molecule has 18 heteroatoms. The van der Waals surface area contributed by atoms with Crippen LogP contribution in [0.4, 0.5) is 9.59 Å². The molecular weight excluding hydrogens is 628 g/mol. The first-order chi connectivity index (χ1) is 21.3. The first-order valence-electron chi connectivity index (χ1n) is 15.5. The molecule has 4 N–H and O–H groups in total. The van der Waals surface area contributed by atoms with Gasteiger partial charge in [0.25, 0.3) is 0 Å². The lowest BCUT2D eigenvalue weighted by molar-refractivity contribution is -0.129. The minimum atomic E-state index is -4.82. The Morgan fingerprint density at radius 1 is 0.783 bits per heavy atom. The average Bonchev–Trinajstić information content (AvgIpc) is 3.80. The number of piperidine rings is 2. The first kappa shape index (κ1) is 34.0. The van der Waals surface area contributed by atoms with Crippen molar-refractivity contribution in [2.75, 3.05) is 26.2 Å². The van der Waals surface area contributed by atoms with Crippen LogP contribution in [0.1, 0.15) is 66.2 Å². The molecule has 6 amide bonds. The monoisotopic (exact) mass is 670 g/mol. The molecular formula is C28H42N6O11S. The topological polar surface area (TPSA) is 223 Å². The van der Waals surface area contributed by atoms with Crippen molar-refractivity contribution in [2.45, 2.75) is 90.4 Å². The highest BCUT2D eigenvalue weighted by atomic mass is 32.3. The number of ketones is 2. The molecule has 0 aromatic heterocycles. The molecule has 6 fully saturated rings. The quantitative estimate of drug-likeness (QED) is 0.180. The van der Waals surface area contributed by atoms with Gasteiger partial charge in [0.2, 0.25) is 11.8 Å². The van der Waals surface area contributed by atoms with Crippen molar-refractivity contribution in [3.8, 4) is 0 Å². The highest BCUT2D eigenvalue weighted by molar-refractivity contribution is 7.80. The Labute approximate surface area is 266 Å². The molecule has 0 aromatic carbocycles. The maximum absolute atomic E-state index is 12.3. The maximum Gasteiger partial charge on any atom is 0.418 e. The van der Waals surface area contributed by atoms with Gasteiger partial charge in [0.1, 0.15) is 12.1 Å². The van der Waals surface area contributed by atoms with Gasteiger partial charge < -0.3 is 20.4 Å². The molecule has 2 unspecified atom stereocenters. The van der Waals surface area contributed by atoms with Gasteiger partial charge in [-0.25, -0.2) is 14.7 Å². The Balaban J connectivity index is 0.000000184. The van der Waals surface area contributed by atoms with E-state index in [1.54, 1.807) is 0 Å². The number of nitrogens with one attached hydrogen (secondary N) is 2. The van der Waals surface area contributed by atoms with Gasteiger partial charge in [0.05, 0.1) is 25.2 Å². The molecule has 46 heavy (non-hydrogen) atoms. The second kappa shape index (κ2) is 12.0. The molecule has 4 bridgehead atoms. The smallest absolute Gasteiger partial charge is 0.347 e. The summed E-state index contributed by atoms with van der Waals surface area (Å²) < 4.78 is 34.7. The third-order valence-corrected chi connectivity index (χ3v) is 10.5. The first-order valence-corrected chi connectivity index (χ1v) is 16.8. The summed E-state index contributed by atoms with van der Waals surface area (Å²) in [4.78, 5) is 75.1. The molecule has 17 nitrogen and oxygen atoms in total. The largest absolute Gasteiger partial charge is 0.418 e. The molecule has 4 heterocycles. The minimum Gasteiger partial charge on any atom is -0.347 e. The summed E-state index contributed by atoms with van der Waals surface area (Å²) in [7, 11) is -4.82. The number of rotatable bonds is 10. The van der Waals surface area contributed by atoms with Crippen LogP contribution >= 0.6 is 0 Å². The zero-order chi connectivity index (χ0) is 33.9. The van der Waals surface area contributed by atoms with Gasteiger partial charge in [-0.2, -0.15) is 13.5 Å². The fourth-order valence-electron chi connectivity index (χ4n) is 6.89. The molecule has 6 atom stereocenters. The van der Waals surface area contributed by atoms with Crippen LogP contribution in [0, 0.1) is 22.7 Å². The zero-order valence-corrected chi connectivity index (χ0v) is 27.1. The van der Waals surface area contributed by atoms with Crippen LogP contribution in [0.3, 0.4) is 0 Å². The molecule has 4 saturated heterocycles. The zero-order valence-electron chi connectivity index (χ0n) is 26.3. The summed E-state index contributed by atoms with van der Waals surface area (Å²) >= 11 is 0. The van der Waals surface area contributed by atoms with Crippen LogP contribution in [0.5, 0.6) is 0 Å². The van der Waals surface area contributed by atoms with E-state index in [4.69, 9.17) is 4.55 Å². The lowest BCUT2D eigenvalue weighted by atomic mass is 10.00. The summed E-state index contributed by atoms with van der Waals surface area (Å²) in [5.74, 6) is -0.739. The number of hydrogen-bond donors (Lipinski definition) is 4. The summed E-state index contributed by atoms with van der Waals surface area (Å²) in [6.45, 7) is 8.50. The van der Waals surface area contributed by atoms with Crippen molar-refractivity contribution < 1.29 is 51.2 Å². The Morgan fingerprint density at radius 2 is 1.20 bits per heavy atom. The molecule has 4 aliphatic heterocycles. The average molecular weight is 671 g/mol. The van der Waals surface area contributed by atoms with Gasteiger partial charge >= 0.3 is 22.5 Å². The predicted molar refractivity (Wildman–Crippen MR) is 156 cm³/mol. The lowest BCUT2D eigenvalue weighted by Crippen LogP contribution is -2.50. The number of Topliss-reactive ketones (excluding diaryl/α,β-unsaturated/α-hetero) is 2. The number of amides is 6. The Bertz CT molecular complexity index is 1430. The number of fused-ring (bicyclic) bond motifs is 4. The number of carbonyl (C=O) groups is 6. The second-order valence-corrected chi connectivity index (χ2v) is 15.4. The molecule has 6 rings (SSSR count). The van der Waals surface area contributed by atoms with Crippen molar-refractivity contribution in [3.05, 3.63) is 0 Å².